The summed E-state index contributed by atoms with van der Waals surface area (Å²) in [4.78, 5) is 12.9. The molecule has 6 nitrogen and oxygen atoms in total. The van der Waals surface area contributed by atoms with Crippen molar-refractivity contribution in [3.8, 4) is 11.5 Å². The minimum Gasteiger partial charge on any atom is -0.340 e. The number of allylic oxidation sites excluding steroid dienone is 3. The van der Waals surface area contributed by atoms with Crippen LogP contribution in [-0.4, -0.2) is 26.4 Å². The molecule has 0 spiro atoms. The molecule has 0 saturated heterocycles. The number of aromatic amines is 1. The summed E-state index contributed by atoms with van der Waals surface area (Å²) in [6, 6.07) is 1.80. The van der Waals surface area contributed by atoms with Gasteiger partial charge in [-0.25, -0.2) is 9.97 Å². The van der Waals surface area contributed by atoms with Gasteiger partial charge in [0.1, 0.15) is 11.5 Å². The Bertz CT molecular complexity index is 839. The first-order valence-electron chi connectivity index (χ1n) is 7.98. The van der Waals surface area contributed by atoms with E-state index in [1.165, 1.54) is 0 Å². The molecule has 0 atom stereocenters. The van der Waals surface area contributed by atoms with E-state index >= 15 is 0 Å². The molecule has 2 aromatic heterocycles. The lowest BCUT2D eigenvalue weighted by Gasteiger charge is -2.07. The first-order chi connectivity index (χ1) is 12.2. The summed E-state index contributed by atoms with van der Waals surface area (Å²) in [7, 11) is 0. The Labute approximate surface area is 147 Å². The van der Waals surface area contributed by atoms with Gasteiger partial charge in [-0.05, 0) is 39.0 Å². The van der Waals surface area contributed by atoms with Crippen LogP contribution in [0.25, 0.3) is 23.7 Å². The second-order valence-corrected chi connectivity index (χ2v) is 4.96. The van der Waals surface area contributed by atoms with Crippen LogP contribution < -0.4 is 5.32 Å². The summed E-state index contributed by atoms with van der Waals surface area (Å²) in [6.07, 6.45) is 14.6. The molecule has 0 aromatic carbocycles. The lowest BCUT2D eigenvalue weighted by atomic mass is 10.1. The topological polar surface area (TPSA) is 78.8 Å². The Balaban J connectivity index is 2.32. The van der Waals surface area contributed by atoms with E-state index in [2.05, 4.69) is 37.1 Å². The molecule has 0 saturated carbocycles. The number of nitrogens with zero attached hydrogens (tertiary/aromatic N) is 4. The molecule has 0 aliphatic carbocycles. The summed E-state index contributed by atoms with van der Waals surface area (Å²) < 4.78 is 0. The second-order valence-electron chi connectivity index (χ2n) is 4.96. The molecule has 2 aromatic rings. The maximum atomic E-state index is 4.55. The Kier molecular flexibility index (Phi) is 6.59. The fraction of sp³-hybridized carbons (Fsp3) is 0.158. The molecule has 0 aliphatic heterocycles. The molecule has 2 rings (SSSR count). The number of rotatable bonds is 7. The van der Waals surface area contributed by atoms with Crippen molar-refractivity contribution in [2.75, 3.05) is 5.32 Å². The van der Waals surface area contributed by atoms with E-state index in [4.69, 9.17) is 0 Å². The average Bonchev–Trinajstić information content (AvgIpc) is 3.04. The van der Waals surface area contributed by atoms with Crippen LogP contribution in [0.5, 0.6) is 0 Å². The van der Waals surface area contributed by atoms with E-state index in [-0.39, 0.29) is 0 Å². The van der Waals surface area contributed by atoms with E-state index in [0.29, 0.717) is 17.3 Å². The third-order valence-corrected chi connectivity index (χ3v) is 3.31. The van der Waals surface area contributed by atoms with E-state index in [1.54, 1.807) is 30.8 Å². The van der Waals surface area contributed by atoms with E-state index in [0.717, 1.165) is 17.0 Å². The maximum absolute atomic E-state index is 4.55. The Morgan fingerprint density at radius 1 is 1.32 bits per heavy atom. The van der Waals surface area contributed by atoms with Crippen molar-refractivity contribution in [2.45, 2.75) is 20.8 Å². The highest BCUT2D eigenvalue weighted by molar-refractivity contribution is 5.74. The van der Waals surface area contributed by atoms with Crippen molar-refractivity contribution in [1.82, 2.24) is 20.2 Å². The smallest absolute Gasteiger partial charge is 0.182 e. The van der Waals surface area contributed by atoms with Crippen molar-refractivity contribution in [2.24, 2.45) is 4.99 Å². The van der Waals surface area contributed by atoms with Crippen molar-refractivity contribution >= 4 is 24.2 Å². The van der Waals surface area contributed by atoms with Crippen molar-refractivity contribution in [3.63, 3.8) is 0 Å². The molecule has 25 heavy (non-hydrogen) atoms. The second kappa shape index (κ2) is 9.12. The molecular formula is C19H22N6. The zero-order valence-electron chi connectivity index (χ0n) is 14.7. The number of nitrogens with one attached hydrogen (secondary N) is 2. The molecule has 0 aliphatic rings. The lowest BCUT2D eigenvalue weighted by molar-refractivity contribution is 1.06. The number of aliphatic imine (C=N–C) groups is 1. The van der Waals surface area contributed by atoms with Crippen LogP contribution in [0.2, 0.25) is 0 Å². The van der Waals surface area contributed by atoms with Gasteiger partial charge >= 0.3 is 0 Å². The molecule has 2 N–H and O–H groups in total. The summed E-state index contributed by atoms with van der Waals surface area (Å²) in [6.45, 7) is 9.62. The van der Waals surface area contributed by atoms with Crippen LogP contribution in [0, 0.1) is 0 Å². The van der Waals surface area contributed by atoms with E-state index in [9.17, 15) is 0 Å². The Morgan fingerprint density at radius 2 is 2.16 bits per heavy atom. The zero-order chi connectivity index (χ0) is 18.1. The summed E-state index contributed by atoms with van der Waals surface area (Å²) in [5.41, 5.74) is 3.30. The molecular weight excluding hydrogens is 312 g/mol. The van der Waals surface area contributed by atoms with Crippen molar-refractivity contribution in [1.29, 1.82) is 0 Å². The van der Waals surface area contributed by atoms with Gasteiger partial charge in [0.15, 0.2) is 5.82 Å². The molecule has 0 radical (unpaired) electrons. The van der Waals surface area contributed by atoms with Crippen molar-refractivity contribution < 1.29 is 0 Å². The van der Waals surface area contributed by atoms with Crippen LogP contribution in [0.4, 0.5) is 5.82 Å². The standard InChI is InChI=1S/C19H22N6/c1-5-9-16-15(7-3)18(25-24-16)19-21-13-11-17(23-19)22-14(6-2)10-12-20-8-4/h5-13H,3H2,1-2,4H3,(H,24,25)(H,21,22,23)/b9-5-,12-10-,14-6+,20-8?. The monoisotopic (exact) mass is 334 g/mol. The predicted octanol–water partition coefficient (Wildman–Crippen LogP) is 4.46. The molecule has 0 bridgehead atoms. The minimum absolute atomic E-state index is 0.526. The highest BCUT2D eigenvalue weighted by atomic mass is 15.1. The quantitative estimate of drug-likeness (QED) is 0.578. The van der Waals surface area contributed by atoms with Gasteiger partial charge in [0.2, 0.25) is 0 Å². The number of hydrogen-bond donors (Lipinski definition) is 2. The zero-order valence-corrected chi connectivity index (χ0v) is 14.7. The average molecular weight is 334 g/mol. The number of anilines is 1. The lowest BCUT2D eigenvalue weighted by Crippen LogP contribution is -2.01. The number of hydrogen-bond acceptors (Lipinski definition) is 5. The van der Waals surface area contributed by atoms with Gasteiger partial charge in [0, 0.05) is 29.9 Å². The van der Waals surface area contributed by atoms with E-state index < -0.39 is 0 Å². The molecule has 0 fully saturated rings. The molecule has 0 unspecified atom stereocenters. The van der Waals surface area contributed by atoms with Gasteiger partial charge in [-0.1, -0.05) is 24.8 Å². The largest absolute Gasteiger partial charge is 0.340 e. The summed E-state index contributed by atoms with van der Waals surface area (Å²) in [5.74, 6) is 1.20. The SMILES string of the molecule is C=Cc1c(-c2nccc(NC(/C=C\N=CC)=C/C)n2)n[nH]c1/C=C\C. The van der Waals surface area contributed by atoms with E-state index in [1.807, 2.05) is 45.1 Å². The number of aromatic nitrogens is 4. The van der Waals surface area contributed by atoms with Crippen LogP contribution in [0.1, 0.15) is 32.0 Å². The molecule has 0 amide bonds. The predicted molar refractivity (Wildman–Crippen MR) is 105 cm³/mol. The highest BCUT2D eigenvalue weighted by Gasteiger charge is 2.13. The Hall–Kier alpha value is -3.28. The van der Waals surface area contributed by atoms with Crippen LogP contribution in [0.15, 0.2) is 54.0 Å². The fourth-order valence-corrected chi connectivity index (χ4v) is 2.14. The number of H-pyrrole nitrogens is 1. The maximum Gasteiger partial charge on any atom is 0.182 e. The van der Waals surface area contributed by atoms with Gasteiger partial charge in [-0.15, -0.1) is 0 Å². The summed E-state index contributed by atoms with van der Waals surface area (Å²) >= 11 is 0. The van der Waals surface area contributed by atoms with Crippen LogP contribution >= 0.6 is 0 Å². The first-order valence-corrected chi connectivity index (χ1v) is 7.98. The van der Waals surface area contributed by atoms with Gasteiger partial charge < -0.3 is 5.32 Å². The van der Waals surface area contributed by atoms with Crippen LogP contribution in [-0.2, 0) is 0 Å². The van der Waals surface area contributed by atoms with Crippen molar-refractivity contribution in [3.05, 3.63) is 60.2 Å². The minimum atomic E-state index is 0.526. The molecule has 2 heterocycles. The molecule has 6 heteroatoms. The third-order valence-electron chi connectivity index (χ3n) is 3.31. The van der Waals surface area contributed by atoms with Gasteiger partial charge in [0.05, 0.1) is 5.69 Å². The highest BCUT2D eigenvalue weighted by Crippen LogP contribution is 2.23. The van der Waals surface area contributed by atoms with Gasteiger partial charge in [-0.3, -0.25) is 10.1 Å². The third kappa shape index (κ3) is 4.60. The fourth-order valence-electron chi connectivity index (χ4n) is 2.14. The van der Waals surface area contributed by atoms with Crippen LogP contribution in [0.3, 0.4) is 0 Å². The summed E-state index contributed by atoms with van der Waals surface area (Å²) in [5, 5.41) is 10.6. The molecule has 128 valence electrons. The first kappa shape index (κ1) is 18.1. The Morgan fingerprint density at radius 3 is 2.84 bits per heavy atom. The normalized spacial score (nSPS) is 12.5. The van der Waals surface area contributed by atoms with Gasteiger partial charge in [0.25, 0.3) is 0 Å². The van der Waals surface area contributed by atoms with Gasteiger partial charge in [-0.2, -0.15) is 5.10 Å².